The van der Waals surface area contributed by atoms with Crippen LogP contribution in [-0.2, 0) is 4.74 Å². The van der Waals surface area contributed by atoms with Gasteiger partial charge in [-0.2, -0.15) is 0 Å². The van der Waals surface area contributed by atoms with E-state index in [9.17, 15) is 0 Å². The van der Waals surface area contributed by atoms with E-state index in [0.717, 1.165) is 30.1 Å². The predicted octanol–water partition coefficient (Wildman–Crippen LogP) is 4.30. The Bertz CT molecular complexity index is 418. The highest BCUT2D eigenvalue weighted by Gasteiger charge is 2.21. The Balaban J connectivity index is 2.06. The van der Waals surface area contributed by atoms with Crippen LogP contribution < -0.4 is 9.47 Å². The van der Waals surface area contributed by atoms with Crippen LogP contribution in [0.15, 0.2) is 18.2 Å². The summed E-state index contributed by atoms with van der Waals surface area (Å²) in [7, 11) is 0. The minimum Gasteiger partial charge on any atom is -0.454 e. The molecular weight excluding hydrogens is 308 g/mol. The van der Waals surface area contributed by atoms with Crippen molar-refractivity contribution < 1.29 is 14.2 Å². The largest absolute Gasteiger partial charge is 0.454 e. The van der Waals surface area contributed by atoms with E-state index in [1.807, 2.05) is 18.2 Å². The fraction of sp³-hybridized carbons (Fsp3) is 0.600. The van der Waals surface area contributed by atoms with Crippen LogP contribution in [-0.4, -0.2) is 18.2 Å². The molecule has 0 aromatic heterocycles. The van der Waals surface area contributed by atoms with Gasteiger partial charge in [0.15, 0.2) is 11.5 Å². The average molecular weight is 329 g/mol. The van der Waals surface area contributed by atoms with Gasteiger partial charge in [0.1, 0.15) is 0 Å². The van der Waals surface area contributed by atoms with Crippen LogP contribution in [0.4, 0.5) is 0 Å². The Morgan fingerprint density at radius 3 is 2.63 bits per heavy atom. The lowest BCUT2D eigenvalue weighted by Gasteiger charge is -2.21. The van der Waals surface area contributed by atoms with E-state index in [0.29, 0.717) is 12.7 Å². The number of rotatable bonds is 6. The summed E-state index contributed by atoms with van der Waals surface area (Å²) in [5.74, 6) is 2.28. The summed E-state index contributed by atoms with van der Waals surface area (Å²) in [5, 5.41) is 0. The molecule has 1 heterocycles. The summed E-state index contributed by atoms with van der Waals surface area (Å²) in [6.45, 7) is 7.59. The second-order valence-electron chi connectivity index (χ2n) is 5.26. The molecule has 19 heavy (non-hydrogen) atoms. The van der Waals surface area contributed by atoms with Gasteiger partial charge in [-0.1, -0.05) is 35.8 Å². The fourth-order valence-corrected chi connectivity index (χ4v) is 2.47. The predicted molar refractivity (Wildman–Crippen MR) is 79.1 cm³/mol. The SMILES string of the molecule is CC(C)CCO[C@@H](c1ccc2c(c1)OCO2)[C@@H](C)Br. The third-order valence-electron chi connectivity index (χ3n) is 3.13. The first kappa shape index (κ1) is 14.7. The number of fused-ring (bicyclic) bond motifs is 1. The van der Waals surface area contributed by atoms with Crippen LogP contribution in [0.1, 0.15) is 38.9 Å². The van der Waals surface area contributed by atoms with Crippen molar-refractivity contribution in [1.82, 2.24) is 0 Å². The highest BCUT2D eigenvalue weighted by molar-refractivity contribution is 9.09. The first-order valence-electron chi connectivity index (χ1n) is 6.73. The van der Waals surface area contributed by atoms with Gasteiger partial charge in [-0.25, -0.2) is 0 Å². The molecule has 2 atom stereocenters. The van der Waals surface area contributed by atoms with Gasteiger partial charge in [0, 0.05) is 11.4 Å². The van der Waals surface area contributed by atoms with Gasteiger partial charge in [0.2, 0.25) is 6.79 Å². The second kappa shape index (κ2) is 6.62. The maximum atomic E-state index is 6.02. The third-order valence-corrected chi connectivity index (χ3v) is 3.62. The summed E-state index contributed by atoms with van der Waals surface area (Å²) in [6.07, 6.45) is 1.11. The number of benzene rings is 1. The lowest BCUT2D eigenvalue weighted by atomic mass is 10.1. The zero-order valence-electron chi connectivity index (χ0n) is 11.7. The van der Waals surface area contributed by atoms with Crippen LogP contribution in [0.5, 0.6) is 11.5 Å². The molecule has 4 heteroatoms. The van der Waals surface area contributed by atoms with Crippen molar-refractivity contribution in [3.8, 4) is 11.5 Å². The third kappa shape index (κ3) is 3.86. The van der Waals surface area contributed by atoms with E-state index in [2.05, 4.69) is 36.7 Å². The topological polar surface area (TPSA) is 27.7 Å². The maximum absolute atomic E-state index is 6.02. The normalized spacial score (nSPS) is 16.7. The van der Waals surface area contributed by atoms with Gasteiger partial charge in [-0.05, 0) is 37.0 Å². The summed E-state index contributed by atoms with van der Waals surface area (Å²) >= 11 is 3.63. The van der Waals surface area contributed by atoms with Crippen molar-refractivity contribution in [2.45, 2.75) is 38.1 Å². The number of ether oxygens (including phenoxy) is 3. The van der Waals surface area contributed by atoms with Crippen molar-refractivity contribution in [1.29, 1.82) is 0 Å². The van der Waals surface area contributed by atoms with Gasteiger partial charge < -0.3 is 14.2 Å². The molecule has 0 fully saturated rings. The Morgan fingerprint density at radius 1 is 1.21 bits per heavy atom. The van der Waals surface area contributed by atoms with Crippen molar-refractivity contribution in [2.24, 2.45) is 5.92 Å². The van der Waals surface area contributed by atoms with Gasteiger partial charge in [-0.3, -0.25) is 0 Å². The zero-order valence-corrected chi connectivity index (χ0v) is 13.3. The Morgan fingerprint density at radius 2 is 1.95 bits per heavy atom. The first-order valence-corrected chi connectivity index (χ1v) is 7.64. The molecule has 1 aromatic carbocycles. The van der Waals surface area contributed by atoms with Crippen LogP contribution in [0.3, 0.4) is 0 Å². The molecule has 1 aliphatic rings. The molecule has 0 N–H and O–H groups in total. The minimum atomic E-state index is 0.0354. The van der Waals surface area contributed by atoms with E-state index >= 15 is 0 Å². The smallest absolute Gasteiger partial charge is 0.231 e. The van der Waals surface area contributed by atoms with E-state index in [4.69, 9.17) is 14.2 Å². The van der Waals surface area contributed by atoms with Gasteiger partial charge >= 0.3 is 0 Å². The Hall–Kier alpha value is -0.740. The molecule has 0 spiro atoms. The van der Waals surface area contributed by atoms with Gasteiger partial charge in [0.25, 0.3) is 0 Å². The lowest BCUT2D eigenvalue weighted by molar-refractivity contribution is 0.0480. The van der Waals surface area contributed by atoms with Crippen molar-refractivity contribution in [2.75, 3.05) is 13.4 Å². The molecule has 0 unspecified atom stereocenters. The molecule has 1 aromatic rings. The summed E-state index contributed by atoms with van der Waals surface area (Å²) < 4.78 is 16.8. The van der Waals surface area contributed by atoms with Crippen LogP contribution in [0, 0.1) is 5.92 Å². The molecule has 2 rings (SSSR count). The first-order chi connectivity index (χ1) is 9.08. The molecule has 0 amide bonds. The van der Waals surface area contributed by atoms with Crippen molar-refractivity contribution >= 4 is 15.9 Å². The maximum Gasteiger partial charge on any atom is 0.231 e. The number of alkyl halides is 1. The Kier molecular flexibility index (Phi) is 5.11. The van der Waals surface area contributed by atoms with Crippen LogP contribution in [0.25, 0.3) is 0 Å². The number of hydrogen-bond donors (Lipinski definition) is 0. The van der Waals surface area contributed by atoms with Crippen molar-refractivity contribution in [3.63, 3.8) is 0 Å². The molecule has 0 saturated heterocycles. The average Bonchev–Trinajstić information content (AvgIpc) is 2.80. The molecule has 0 saturated carbocycles. The zero-order chi connectivity index (χ0) is 13.8. The van der Waals surface area contributed by atoms with E-state index in [1.165, 1.54) is 0 Å². The summed E-state index contributed by atoms with van der Waals surface area (Å²) in [6, 6.07) is 6.01. The number of hydrogen-bond acceptors (Lipinski definition) is 3. The molecule has 106 valence electrons. The molecular formula is C15H21BrO3. The summed E-state index contributed by atoms with van der Waals surface area (Å²) in [5.41, 5.74) is 1.12. The van der Waals surface area contributed by atoms with Crippen LogP contribution >= 0.6 is 15.9 Å². The quantitative estimate of drug-likeness (QED) is 0.728. The molecule has 3 nitrogen and oxygen atoms in total. The van der Waals surface area contributed by atoms with Crippen LogP contribution in [0.2, 0.25) is 0 Å². The van der Waals surface area contributed by atoms with E-state index in [-0.39, 0.29) is 10.9 Å². The highest BCUT2D eigenvalue weighted by Crippen LogP contribution is 2.36. The standard InChI is InChI=1S/C15H21BrO3/c1-10(2)6-7-17-15(11(3)16)12-4-5-13-14(8-12)19-9-18-13/h4-5,8,10-11,15H,6-7,9H2,1-3H3/t11-,15-/m1/s1. The van der Waals surface area contributed by atoms with E-state index < -0.39 is 0 Å². The molecule has 0 bridgehead atoms. The van der Waals surface area contributed by atoms with Gasteiger partial charge in [0.05, 0.1) is 6.10 Å². The molecule has 0 radical (unpaired) electrons. The molecule has 1 aliphatic heterocycles. The number of halogens is 1. The second-order valence-corrected chi connectivity index (χ2v) is 6.71. The minimum absolute atomic E-state index is 0.0354. The molecule has 0 aliphatic carbocycles. The highest BCUT2D eigenvalue weighted by atomic mass is 79.9. The fourth-order valence-electron chi connectivity index (χ4n) is 2.01. The summed E-state index contributed by atoms with van der Waals surface area (Å²) in [4.78, 5) is 0.250. The Labute approximate surface area is 123 Å². The lowest BCUT2D eigenvalue weighted by Crippen LogP contribution is -2.14. The monoisotopic (exact) mass is 328 g/mol. The van der Waals surface area contributed by atoms with E-state index in [1.54, 1.807) is 0 Å². The van der Waals surface area contributed by atoms with Crippen molar-refractivity contribution in [3.05, 3.63) is 23.8 Å². The van der Waals surface area contributed by atoms with Gasteiger partial charge in [-0.15, -0.1) is 0 Å².